The minimum Gasteiger partial charge on any atom is -0.383 e. The molecule has 54 heteroatoms. The van der Waals surface area contributed by atoms with Gasteiger partial charge in [-0.15, -0.1) is 0 Å². The average molecular weight is 1740 g/mol. The zero-order chi connectivity index (χ0) is 78.7. The van der Waals surface area contributed by atoms with E-state index in [4.69, 9.17) is 97.9 Å². The number of aromatic nitrogens is 14. The Morgan fingerprint density at radius 2 is 0.862 bits per heavy atom. The molecule has 0 bridgehead atoms. The zero-order valence-electron chi connectivity index (χ0n) is 58.0. The molecule has 7 aromatic rings. The van der Waals surface area contributed by atoms with Crippen LogP contribution in [0.15, 0.2) is 70.9 Å². The molecule has 7 aromatic heterocycles. The summed E-state index contributed by atoms with van der Waals surface area (Å²) >= 11 is 27.5. The van der Waals surface area contributed by atoms with Gasteiger partial charge in [-0.1, -0.05) is 75.1 Å². The third-order valence-electron chi connectivity index (χ3n) is 17.9. The Kier molecular flexibility index (Phi) is 25.6. The van der Waals surface area contributed by atoms with Crippen LogP contribution in [0.25, 0.3) is 22.3 Å². The van der Waals surface area contributed by atoms with Gasteiger partial charge in [0.05, 0.1) is 64.0 Å². The van der Waals surface area contributed by atoms with E-state index in [9.17, 15) is 51.8 Å². The second-order valence-corrected chi connectivity index (χ2v) is 43.1. The fourth-order valence-electron chi connectivity index (χ4n) is 12.8. The van der Waals surface area contributed by atoms with Crippen molar-refractivity contribution < 1.29 is 87.2 Å². The van der Waals surface area contributed by atoms with Crippen molar-refractivity contribution in [2.24, 2.45) is 11.8 Å². The maximum absolute atomic E-state index is 14.8. The minimum absolute atomic E-state index is 0.000381. The summed E-state index contributed by atoms with van der Waals surface area (Å²) in [6.45, 7) is -11.1. The average Bonchev–Trinajstić information content (AvgIpc) is 1.76. The Labute approximate surface area is 646 Å². The van der Waals surface area contributed by atoms with Gasteiger partial charge in [0.15, 0.2) is 22.3 Å². The maximum atomic E-state index is 14.8. The number of nitrogens with two attached hydrogens (primary N) is 3. The van der Waals surface area contributed by atoms with E-state index in [1.807, 2.05) is 13.8 Å². The molecule has 0 radical (unpaired) electrons. The molecule has 0 spiro atoms. The summed E-state index contributed by atoms with van der Waals surface area (Å²) in [5, 5.41) is 0. The Bertz CT molecular complexity index is 5280. The number of aromatic amines is 4. The van der Waals surface area contributed by atoms with Gasteiger partial charge in [-0.3, -0.25) is 98.1 Å². The van der Waals surface area contributed by atoms with Crippen molar-refractivity contribution in [2.75, 3.05) is 50.2 Å². The molecule has 20 atom stereocenters. The highest BCUT2D eigenvalue weighted by Gasteiger charge is 2.50. The van der Waals surface area contributed by atoms with Crippen LogP contribution in [0.2, 0.25) is 0 Å². The van der Waals surface area contributed by atoms with Gasteiger partial charge in [0.1, 0.15) is 79.7 Å². The van der Waals surface area contributed by atoms with Gasteiger partial charge < -0.3 is 49.9 Å². The van der Waals surface area contributed by atoms with Crippen LogP contribution in [0.4, 0.5) is 17.7 Å². The second-order valence-electron chi connectivity index (χ2n) is 26.3. The lowest BCUT2D eigenvalue weighted by Gasteiger charge is -2.28. The minimum atomic E-state index is -4.79. The number of imidazole rings is 2. The maximum Gasteiger partial charge on any atom is 0.386 e. The molecule has 0 aromatic carbocycles. The second kappa shape index (κ2) is 33.5. The molecule has 598 valence electrons. The Morgan fingerprint density at radius 1 is 0.495 bits per heavy atom. The molecule has 109 heavy (non-hydrogen) atoms. The predicted molar refractivity (Wildman–Crippen MR) is 406 cm³/mol. The first-order valence-electron chi connectivity index (χ1n) is 33.2. The van der Waals surface area contributed by atoms with Crippen molar-refractivity contribution in [3.8, 4) is 0 Å². The quantitative estimate of drug-likeness (QED) is 0.0200. The number of nitrogen functional groups attached to an aromatic ring is 3. The van der Waals surface area contributed by atoms with Gasteiger partial charge in [-0.05, 0) is 63.8 Å². The standard InChI is InChI=1S/C55H76N17O26P5S6/c1-23(2)27-9-38(68-8-7-37(56)61-53(68)77)89-32(27)16-88-103(108,109)98-31-13-40(70-15-26(6)48(74)67-55(70)79)91-36(31)20-87-102(83,107)97-30-12-42(72-22-60-44-46(72)63-52(58)65-50(44)76)93-35(30)19-86-100(81,105)95-28-10-39(69-14-25(5)47(73)66-54(69)78)90-33(28)18-85-101(82,106)96-29-11-41(92-34(29)17-84-99(80,104)94-24(3)4)71-21-59-43-45(71)62-51(57)64-49(43)75/h7-8,14-15,21-24,27-36,38-42H,9-13,16-20H2,1-6H3,(H,80,104)(H,81,105)(H,82,106)(H,83,107)(H,108,109)(H2,56,61,77)(H,66,73,78)(H,67,74,79)(H3,57,62,64,75)(H3,58,63,65,76)/t27?,28?,29?,30?,31?,32-,33-,34-,35-,36-,38-,39-,40-,41-,42-,99?,100?,101?,102?/m1/s1. The number of anilines is 3. The van der Waals surface area contributed by atoms with E-state index in [1.165, 1.54) is 64.9 Å². The van der Waals surface area contributed by atoms with Crippen LogP contribution in [-0.2, 0) is 99.0 Å². The topological polar surface area (TPSA) is 557 Å². The van der Waals surface area contributed by atoms with Crippen molar-refractivity contribution in [1.82, 2.24) is 67.7 Å². The van der Waals surface area contributed by atoms with Crippen LogP contribution in [0, 0.1) is 25.7 Å². The summed E-state index contributed by atoms with van der Waals surface area (Å²) in [4.78, 5) is 120. The molecule has 12 heterocycles. The van der Waals surface area contributed by atoms with Gasteiger partial charge in [0.2, 0.25) is 17.6 Å². The van der Waals surface area contributed by atoms with E-state index in [2.05, 4.69) is 106 Å². The fourth-order valence-corrected chi connectivity index (χ4v) is 21.1. The predicted octanol–water partition coefficient (Wildman–Crippen LogP) is 5.04. The smallest absolute Gasteiger partial charge is 0.383 e. The normalized spacial score (nSPS) is 28.8. The lowest BCUT2D eigenvalue weighted by atomic mass is 9.89. The van der Waals surface area contributed by atoms with Gasteiger partial charge in [0, 0.05) is 55.4 Å². The molecule has 0 aliphatic carbocycles. The molecule has 10 N–H and O–H groups in total. The molecule has 0 amide bonds. The number of nitrogens with zero attached hydrogens (tertiary/aromatic N) is 10. The SMILES string of the molecule is Cc1cn([C@H]2CC(OP(=O)(S)OC[C@H]3O[C@@H](n4cnc5c(=O)[nH]c(N)nc54)CC3OP(=O)(S)OC[C@H]3O[C@@H](n4cc(C)c(=O)[nH]c4=O)CC3OP(=S)(S)OC[C@H]3O[C@@H](n4ccc(N)nc4=O)CC3C(C)C)[C@@H](COP(=O)(S)OC3C[C@H](n4cnc5c(=O)[nH]c(N)nc54)O[C@@H]3COP(=O)(S)OC(C)C)O2)c(=O)[nH]c1=O. The number of fused-ring (bicyclic) bond motifs is 2. The van der Waals surface area contributed by atoms with E-state index in [0.29, 0.717) is 6.42 Å². The van der Waals surface area contributed by atoms with Crippen LogP contribution in [0.5, 0.6) is 0 Å². The largest absolute Gasteiger partial charge is 0.386 e. The van der Waals surface area contributed by atoms with E-state index in [1.54, 1.807) is 13.8 Å². The molecule has 5 saturated heterocycles. The Hall–Kier alpha value is -4.94. The van der Waals surface area contributed by atoms with Gasteiger partial charge >= 0.3 is 44.3 Å². The van der Waals surface area contributed by atoms with Crippen molar-refractivity contribution in [3.63, 3.8) is 0 Å². The molecule has 5 aliphatic rings. The number of aryl methyl sites for hydroxylation is 2. The Morgan fingerprint density at radius 3 is 1.26 bits per heavy atom. The van der Waals surface area contributed by atoms with Crippen LogP contribution in [-0.4, -0.2) is 162 Å². The number of H-pyrrole nitrogens is 4. The van der Waals surface area contributed by atoms with Crippen LogP contribution < -0.4 is 56.5 Å². The summed E-state index contributed by atoms with van der Waals surface area (Å²) < 4.78 is 154. The summed E-state index contributed by atoms with van der Waals surface area (Å²) in [7, 11) is 0. The van der Waals surface area contributed by atoms with Crippen molar-refractivity contribution in [2.45, 2.75) is 166 Å². The first-order chi connectivity index (χ1) is 51.2. The number of hydrogen-bond donors (Lipinski definition) is 12. The van der Waals surface area contributed by atoms with E-state index < -0.39 is 191 Å². The lowest BCUT2D eigenvalue weighted by Crippen LogP contribution is -2.33. The Balaban J connectivity index is 0.758. The van der Waals surface area contributed by atoms with Crippen molar-refractivity contribution in [1.29, 1.82) is 0 Å². The first-order valence-corrected chi connectivity index (χ1v) is 47.7. The monoisotopic (exact) mass is 1740 g/mol. The van der Waals surface area contributed by atoms with E-state index in [-0.39, 0.29) is 95.3 Å². The highest BCUT2D eigenvalue weighted by atomic mass is 32.9. The number of ether oxygens (including phenoxy) is 5. The molecular formula is C55H76N17O26P5S6. The van der Waals surface area contributed by atoms with Crippen LogP contribution in [0.1, 0.15) is 102 Å². The third kappa shape index (κ3) is 20.1. The molecule has 5 aliphatic heterocycles. The summed E-state index contributed by atoms with van der Waals surface area (Å²) in [5.41, 5.74) is 8.67. The van der Waals surface area contributed by atoms with Crippen LogP contribution in [0.3, 0.4) is 0 Å². The number of thiol groups is 5. The lowest BCUT2D eigenvalue weighted by molar-refractivity contribution is -0.0519. The molecule has 43 nitrogen and oxygen atoms in total. The molecule has 10 unspecified atom stereocenters. The van der Waals surface area contributed by atoms with Gasteiger partial charge in [-0.2, -0.15) is 15.0 Å². The zero-order valence-corrected chi connectivity index (χ0v) is 67.8. The van der Waals surface area contributed by atoms with Crippen molar-refractivity contribution >= 4 is 146 Å². The highest BCUT2D eigenvalue weighted by Crippen LogP contribution is 2.62. The molecule has 0 saturated carbocycles. The van der Waals surface area contributed by atoms with Gasteiger partial charge in [-0.25, -0.2) is 42.6 Å². The summed E-state index contributed by atoms with van der Waals surface area (Å²) in [6, 6.07) is 1.47. The van der Waals surface area contributed by atoms with Crippen LogP contribution >= 0.6 is 94.1 Å². The number of nitrogens with one attached hydrogen (secondary N) is 4. The van der Waals surface area contributed by atoms with Gasteiger partial charge in [0.25, 0.3) is 22.2 Å². The van der Waals surface area contributed by atoms with E-state index in [0.717, 1.165) is 9.13 Å². The van der Waals surface area contributed by atoms with E-state index >= 15 is 0 Å². The third-order valence-corrected chi connectivity index (χ3v) is 26.8. The highest BCUT2D eigenvalue weighted by molar-refractivity contribution is 8.60. The molecule has 12 rings (SSSR count). The summed E-state index contributed by atoms with van der Waals surface area (Å²) in [6.07, 6.45) is -11.6. The van der Waals surface area contributed by atoms with Crippen molar-refractivity contribution in [3.05, 3.63) is 121 Å². The number of rotatable bonds is 31. The fraction of sp³-hybridized carbons (Fsp3) is 0.600. The molecular weight excluding hydrogens is 1660 g/mol. The molecule has 5 fully saturated rings. The first kappa shape index (κ1) is 83.5. The summed E-state index contributed by atoms with van der Waals surface area (Å²) in [5.74, 6) is -0.620. The number of hydrogen-bond acceptors (Lipinski definition) is 35.